The van der Waals surface area contributed by atoms with Crippen molar-refractivity contribution in [2.75, 3.05) is 32.7 Å². The van der Waals surface area contributed by atoms with E-state index in [1.54, 1.807) is 0 Å². The normalized spacial score (nSPS) is 22.9. The summed E-state index contributed by atoms with van der Waals surface area (Å²) in [6, 6.07) is 0. The second kappa shape index (κ2) is 7.21. The predicted octanol–water partition coefficient (Wildman–Crippen LogP) is 1.03. The molecule has 83 valence electrons. The van der Waals surface area contributed by atoms with E-state index >= 15 is 0 Å². The van der Waals surface area contributed by atoms with Gasteiger partial charge in [0.25, 0.3) is 0 Å². The van der Waals surface area contributed by atoms with Gasteiger partial charge < -0.3 is 5.32 Å². The molecule has 1 aliphatic rings. The summed E-state index contributed by atoms with van der Waals surface area (Å²) in [7, 11) is 0. The van der Waals surface area contributed by atoms with Crippen LogP contribution in [0, 0.1) is 0 Å². The van der Waals surface area contributed by atoms with Gasteiger partial charge in [-0.3, -0.25) is 4.90 Å². The van der Waals surface area contributed by atoms with Gasteiger partial charge in [-0.2, -0.15) is 0 Å². The van der Waals surface area contributed by atoms with E-state index in [9.17, 15) is 0 Å². The molecule has 1 N–H and O–H groups in total. The van der Waals surface area contributed by atoms with Crippen molar-refractivity contribution in [3.63, 3.8) is 0 Å². The molecule has 1 unspecified atom stereocenters. The minimum atomic E-state index is 0.440. The number of rotatable bonds is 6. The first-order valence-corrected chi connectivity index (χ1v) is 5.99. The molecule has 0 amide bonds. The summed E-state index contributed by atoms with van der Waals surface area (Å²) in [6.45, 7) is 9.98. The topological polar surface area (TPSA) is 29.4 Å². The summed E-state index contributed by atoms with van der Waals surface area (Å²) in [6.07, 6.45) is 4.25. The maximum Gasteiger partial charge on any atom is 0.0887 e. The van der Waals surface area contributed by atoms with Crippen LogP contribution in [-0.2, 0) is 0 Å². The number of nitrogens with zero attached hydrogens (tertiary/aromatic N) is 2. The first kappa shape index (κ1) is 12.0. The van der Waals surface area contributed by atoms with Gasteiger partial charge in [-0.25, -0.2) is 5.32 Å². The van der Waals surface area contributed by atoms with E-state index in [-0.39, 0.29) is 0 Å². The fourth-order valence-corrected chi connectivity index (χ4v) is 1.89. The summed E-state index contributed by atoms with van der Waals surface area (Å²) in [5, 5.41) is 8.08. The highest BCUT2D eigenvalue weighted by Crippen LogP contribution is 2.03. The van der Waals surface area contributed by atoms with Crippen LogP contribution in [0.15, 0.2) is 0 Å². The minimum Gasteiger partial charge on any atom is -0.312 e. The van der Waals surface area contributed by atoms with Crippen LogP contribution in [0.1, 0.15) is 33.1 Å². The van der Waals surface area contributed by atoms with Crippen LogP contribution in [0.4, 0.5) is 0 Å². The lowest BCUT2D eigenvalue weighted by atomic mass is 10.2. The molecule has 3 nitrogen and oxygen atoms in total. The Morgan fingerprint density at radius 2 is 2.14 bits per heavy atom. The summed E-state index contributed by atoms with van der Waals surface area (Å²) in [5.74, 6) is 0. The fourth-order valence-electron chi connectivity index (χ4n) is 1.89. The van der Waals surface area contributed by atoms with E-state index in [4.69, 9.17) is 0 Å². The number of unbranched alkanes of at least 4 members (excludes halogenated alkanes) is 1. The van der Waals surface area contributed by atoms with E-state index in [1.165, 1.54) is 32.4 Å². The summed E-state index contributed by atoms with van der Waals surface area (Å²) in [5.41, 5.74) is 0. The van der Waals surface area contributed by atoms with Gasteiger partial charge >= 0.3 is 0 Å². The molecule has 1 radical (unpaired) electrons. The standard InChI is InChI=1S/C11H24N3/c1-3-5-9-14(8-4-2)11-10-12-6-7-13-11/h11-12H,3-10H2,1-2H3. The molecule has 14 heavy (non-hydrogen) atoms. The molecule has 1 atom stereocenters. The Morgan fingerprint density at radius 3 is 2.71 bits per heavy atom. The largest absolute Gasteiger partial charge is 0.312 e. The number of hydrogen-bond acceptors (Lipinski definition) is 2. The smallest absolute Gasteiger partial charge is 0.0887 e. The molecule has 0 aliphatic carbocycles. The highest BCUT2D eigenvalue weighted by molar-refractivity contribution is 4.76. The van der Waals surface area contributed by atoms with Gasteiger partial charge in [-0.1, -0.05) is 20.3 Å². The maximum atomic E-state index is 4.66. The van der Waals surface area contributed by atoms with Crippen molar-refractivity contribution in [3.05, 3.63) is 0 Å². The van der Waals surface area contributed by atoms with Crippen LogP contribution in [0.3, 0.4) is 0 Å². The van der Waals surface area contributed by atoms with Gasteiger partial charge in [-0.15, -0.1) is 0 Å². The number of nitrogens with one attached hydrogen (secondary N) is 1. The maximum absolute atomic E-state index is 4.66. The second-order valence-corrected chi connectivity index (χ2v) is 3.98. The van der Waals surface area contributed by atoms with Gasteiger partial charge in [-0.05, 0) is 25.9 Å². The van der Waals surface area contributed by atoms with Crippen LogP contribution in [0.5, 0.6) is 0 Å². The van der Waals surface area contributed by atoms with Crippen LogP contribution in [0.2, 0.25) is 0 Å². The van der Waals surface area contributed by atoms with Gasteiger partial charge in [0, 0.05) is 19.6 Å². The molecular weight excluding hydrogens is 174 g/mol. The number of piperazine rings is 1. The first-order valence-electron chi connectivity index (χ1n) is 5.99. The second-order valence-electron chi connectivity index (χ2n) is 3.98. The monoisotopic (exact) mass is 198 g/mol. The Bertz CT molecular complexity index is 132. The van der Waals surface area contributed by atoms with Gasteiger partial charge in [0.1, 0.15) is 0 Å². The van der Waals surface area contributed by atoms with E-state index < -0.39 is 0 Å². The van der Waals surface area contributed by atoms with E-state index in [2.05, 4.69) is 29.4 Å². The molecule has 3 heteroatoms. The lowest BCUT2D eigenvalue weighted by Gasteiger charge is -2.34. The predicted molar refractivity (Wildman–Crippen MR) is 60.4 cm³/mol. The van der Waals surface area contributed by atoms with Gasteiger partial charge in [0.15, 0.2) is 0 Å². The highest BCUT2D eigenvalue weighted by atomic mass is 15.3. The molecule has 1 saturated heterocycles. The Balaban J connectivity index is 2.30. The molecule has 1 aliphatic heterocycles. The lowest BCUT2D eigenvalue weighted by molar-refractivity contribution is 0.142. The van der Waals surface area contributed by atoms with Crippen molar-refractivity contribution in [2.24, 2.45) is 0 Å². The summed E-state index contributed by atoms with van der Waals surface area (Å²) < 4.78 is 0. The van der Waals surface area contributed by atoms with Crippen LogP contribution >= 0.6 is 0 Å². The van der Waals surface area contributed by atoms with Crippen molar-refractivity contribution in [3.8, 4) is 0 Å². The zero-order valence-electron chi connectivity index (χ0n) is 9.63. The van der Waals surface area contributed by atoms with Crippen molar-refractivity contribution >= 4 is 0 Å². The Morgan fingerprint density at radius 1 is 1.29 bits per heavy atom. The van der Waals surface area contributed by atoms with E-state index in [0.29, 0.717) is 6.17 Å². The molecule has 0 aromatic carbocycles. The van der Waals surface area contributed by atoms with Crippen molar-refractivity contribution < 1.29 is 0 Å². The van der Waals surface area contributed by atoms with Crippen LogP contribution < -0.4 is 10.6 Å². The van der Waals surface area contributed by atoms with Crippen molar-refractivity contribution in [1.82, 2.24) is 15.5 Å². The van der Waals surface area contributed by atoms with Crippen LogP contribution in [-0.4, -0.2) is 43.8 Å². The third kappa shape index (κ3) is 3.95. The van der Waals surface area contributed by atoms with Crippen LogP contribution in [0.25, 0.3) is 0 Å². The Labute approximate surface area is 88.2 Å². The minimum absolute atomic E-state index is 0.440. The van der Waals surface area contributed by atoms with Crippen molar-refractivity contribution in [2.45, 2.75) is 39.3 Å². The molecule has 0 bridgehead atoms. The average Bonchev–Trinajstić information content (AvgIpc) is 2.25. The van der Waals surface area contributed by atoms with E-state index in [1.807, 2.05) is 0 Å². The molecule has 0 aromatic heterocycles. The SMILES string of the molecule is CCCCN(CCC)C1CNCC[N]1. The van der Waals surface area contributed by atoms with E-state index in [0.717, 1.165) is 19.6 Å². The van der Waals surface area contributed by atoms with Gasteiger partial charge in [0.2, 0.25) is 0 Å². The van der Waals surface area contributed by atoms with Gasteiger partial charge in [0.05, 0.1) is 6.17 Å². The molecule has 1 rings (SSSR count). The number of hydrogen-bond donors (Lipinski definition) is 1. The molecule has 0 saturated carbocycles. The molecule has 1 heterocycles. The zero-order valence-corrected chi connectivity index (χ0v) is 9.63. The molecular formula is C11H24N3. The molecule has 1 fully saturated rings. The van der Waals surface area contributed by atoms with Crippen molar-refractivity contribution in [1.29, 1.82) is 0 Å². The average molecular weight is 198 g/mol. The first-order chi connectivity index (χ1) is 6.88. The lowest BCUT2D eigenvalue weighted by Crippen LogP contribution is -2.54. The quantitative estimate of drug-likeness (QED) is 0.691. The zero-order chi connectivity index (χ0) is 10.2. The third-order valence-corrected chi connectivity index (χ3v) is 2.69. The Hall–Kier alpha value is -0.120. The highest BCUT2D eigenvalue weighted by Gasteiger charge is 2.19. The summed E-state index contributed by atoms with van der Waals surface area (Å²) in [4.78, 5) is 2.52. The fraction of sp³-hybridized carbons (Fsp3) is 1.00. The Kier molecular flexibility index (Phi) is 6.15. The summed E-state index contributed by atoms with van der Waals surface area (Å²) >= 11 is 0. The molecule has 0 aromatic rings. The molecule has 0 spiro atoms. The third-order valence-electron chi connectivity index (χ3n) is 2.69.